The summed E-state index contributed by atoms with van der Waals surface area (Å²) in [7, 11) is 0. The van der Waals surface area contributed by atoms with E-state index >= 15 is 0 Å². The molecule has 3 heteroatoms. The standard InChI is InChI=1S/C13H20N2O/c14-12-7-4-8-15(9-12)10-13(16)11-5-2-1-3-6-11/h1-3,5-6,12-13,16H,4,7-10,14H2. The molecule has 0 spiro atoms. The van der Waals surface area contributed by atoms with Crippen molar-refractivity contribution in [1.82, 2.24) is 4.90 Å². The van der Waals surface area contributed by atoms with E-state index < -0.39 is 6.10 Å². The lowest BCUT2D eigenvalue weighted by atomic mass is 10.0. The highest BCUT2D eigenvalue weighted by molar-refractivity contribution is 5.17. The molecule has 0 amide bonds. The first-order chi connectivity index (χ1) is 7.75. The maximum absolute atomic E-state index is 10.1. The fourth-order valence-electron chi connectivity index (χ4n) is 2.28. The molecule has 2 unspecified atom stereocenters. The van der Waals surface area contributed by atoms with Gasteiger partial charge in [-0.15, -0.1) is 0 Å². The van der Waals surface area contributed by atoms with Gasteiger partial charge in [-0.3, -0.25) is 4.90 Å². The highest BCUT2D eigenvalue weighted by Gasteiger charge is 2.19. The van der Waals surface area contributed by atoms with Gasteiger partial charge in [-0.25, -0.2) is 0 Å². The topological polar surface area (TPSA) is 49.5 Å². The number of piperidine rings is 1. The molecule has 88 valence electrons. The number of rotatable bonds is 3. The predicted molar refractivity (Wildman–Crippen MR) is 65.1 cm³/mol. The number of likely N-dealkylation sites (tertiary alicyclic amines) is 1. The average Bonchev–Trinajstić information content (AvgIpc) is 2.30. The largest absolute Gasteiger partial charge is 0.387 e. The summed E-state index contributed by atoms with van der Waals surface area (Å²) in [5.74, 6) is 0. The molecular weight excluding hydrogens is 200 g/mol. The lowest BCUT2D eigenvalue weighted by molar-refractivity contribution is 0.0962. The van der Waals surface area contributed by atoms with Gasteiger partial charge in [0.25, 0.3) is 0 Å². The number of nitrogens with two attached hydrogens (primary N) is 1. The van der Waals surface area contributed by atoms with Crippen molar-refractivity contribution in [2.75, 3.05) is 19.6 Å². The lowest BCUT2D eigenvalue weighted by Crippen LogP contribution is -2.44. The van der Waals surface area contributed by atoms with E-state index in [1.165, 1.54) is 0 Å². The van der Waals surface area contributed by atoms with E-state index in [9.17, 15) is 5.11 Å². The Morgan fingerprint density at radius 3 is 2.81 bits per heavy atom. The van der Waals surface area contributed by atoms with Crippen LogP contribution >= 0.6 is 0 Å². The predicted octanol–water partition coefficient (Wildman–Crippen LogP) is 1.14. The molecule has 3 nitrogen and oxygen atoms in total. The Morgan fingerprint density at radius 2 is 2.12 bits per heavy atom. The third-order valence-electron chi connectivity index (χ3n) is 3.16. The fourth-order valence-corrected chi connectivity index (χ4v) is 2.28. The zero-order valence-corrected chi connectivity index (χ0v) is 9.55. The Kier molecular flexibility index (Phi) is 3.93. The molecule has 1 aliphatic heterocycles. The normalized spacial score (nSPS) is 24.2. The highest BCUT2D eigenvalue weighted by atomic mass is 16.3. The van der Waals surface area contributed by atoms with Gasteiger partial charge in [0, 0.05) is 19.1 Å². The summed E-state index contributed by atoms with van der Waals surface area (Å²) in [6.07, 6.45) is 1.85. The van der Waals surface area contributed by atoms with E-state index in [0.29, 0.717) is 6.54 Å². The SMILES string of the molecule is NC1CCCN(CC(O)c2ccccc2)C1. The van der Waals surface area contributed by atoms with Crippen molar-refractivity contribution in [1.29, 1.82) is 0 Å². The van der Waals surface area contributed by atoms with Gasteiger partial charge in [0.15, 0.2) is 0 Å². The van der Waals surface area contributed by atoms with Crippen LogP contribution in [0.15, 0.2) is 30.3 Å². The first kappa shape index (κ1) is 11.6. The number of benzene rings is 1. The van der Waals surface area contributed by atoms with Crippen molar-refractivity contribution < 1.29 is 5.11 Å². The van der Waals surface area contributed by atoms with Gasteiger partial charge in [-0.1, -0.05) is 30.3 Å². The van der Waals surface area contributed by atoms with Crippen molar-refractivity contribution in [2.24, 2.45) is 5.73 Å². The summed E-state index contributed by atoms with van der Waals surface area (Å²) in [4.78, 5) is 2.26. The summed E-state index contributed by atoms with van der Waals surface area (Å²) in [5.41, 5.74) is 6.90. The minimum absolute atomic E-state index is 0.275. The lowest BCUT2D eigenvalue weighted by Gasteiger charge is -2.32. The summed E-state index contributed by atoms with van der Waals surface area (Å²) >= 11 is 0. The third kappa shape index (κ3) is 3.04. The Bertz CT molecular complexity index is 315. The Labute approximate surface area is 96.9 Å². The first-order valence-corrected chi connectivity index (χ1v) is 5.96. The van der Waals surface area contributed by atoms with E-state index in [1.807, 2.05) is 30.3 Å². The second kappa shape index (κ2) is 5.43. The van der Waals surface area contributed by atoms with Crippen molar-refractivity contribution >= 4 is 0 Å². The molecule has 0 radical (unpaired) electrons. The van der Waals surface area contributed by atoms with Crippen LogP contribution < -0.4 is 5.73 Å². The van der Waals surface area contributed by atoms with Gasteiger partial charge in [0.1, 0.15) is 0 Å². The quantitative estimate of drug-likeness (QED) is 0.803. The molecule has 0 aromatic heterocycles. The maximum atomic E-state index is 10.1. The van der Waals surface area contributed by atoms with Crippen LogP contribution in [0.5, 0.6) is 0 Å². The molecule has 1 aliphatic rings. The van der Waals surface area contributed by atoms with Crippen LogP contribution in [0.3, 0.4) is 0 Å². The van der Waals surface area contributed by atoms with Gasteiger partial charge in [-0.2, -0.15) is 0 Å². The van der Waals surface area contributed by atoms with Gasteiger partial charge < -0.3 is 10.8 Å². The van der Waals surface area contributed by atoms with Crippen LogP contribution in [0.25, 0.3) is 0 Å². The second-order valence-electron chi connectivity index (χ2n) is 4.59. The Hall–Kier alpha value is -0.900. The molecule has 3 N–H and O–H groups in total. The van der Waals surface area contributed by atoms with E-state index in [-0.39, 0.29) is 6.04 Å². The summed E-state index contributed by atoms with van der Waals surface area (Å²) in [5, 5.41) is 10.1. The smallest absolute Gasteiger partial charge is 0.0916 e. The molecule has 1 saturated heterocycles. The summed E-state index contributed by atoms with van der Waals surface area (Å²) in [6.45, 7) is 2.65. The molecule has 0 saturated carbocycles. The van der Waals surface area contributed by atoms with Crippen molar-refractivity contribution in [3.8, 4) is 0 Å². The number of hydrogen-bond donors (Lipinski definition) is 2. The summed E-state index contributed by atoms with van der Waals surface area (Å²) < 4.78 is 0. The van der Waals surface area contributed by atoms with Crippen molar-refractivity contribution in [2.45, 2.75) is 25.0 Å². The van der Waals surface area contributed by atoms with Crippen LogP contribution in [0.1, 0.15) is 24.5 Å². The van der Waals surface area contributed by atoms with Crippen molar-refractivity contribution in [3.63, 3.8) is 0 Å². The minimum Gasteiger partial charge on any atom is -0.387 e. The van der Waals surface area contributed by atoms with Gasteiger partial charge >= 0.3 is 0 Å². The van der Waals surface area contributed by atoms with Crippen molar-refractivity contribution in [3.05, 3.63) is 35.9 Å². The molecule has 1 aromatic carbocycles. The number of aliphatic hydroxyl groups excluding tert-OH is 1. The Morgan fingerprint density at radius 1 is 1.38 bits per heavy atom. The van der Waals surface area contributed by atoms with Crippen LogP contribution in [-0.2, 0) is 0 Å². The average molecular weight is 220 g/mol. The fraction of sp³-hybridized carbons (Fsp3) is 0.538. The molecular formula is C13H20N2O. The number of aliphatic hydroxyl groups is 1. The van der Waals surface area contributed by atoms with Crippen LogP contribution in [0.2, 0.25) is 0 Å². The summed E-state index contributed by atoms with van der Waals surface area (Å²) in [6, 6.07) is 10.1. The van der Waals surface area contributed by atoms with Gasteiger partial charge in [0.05, 0.1) is 6.10 Å². The van der Waals surface area contributed by atoms with Crippen LogP contribution in [0, 0.1) is 0 Å². The zero-order valence-electron chi connectivity index (χ0n) is 9.55. The molecule has 1 aromatic rings. The van der Waals surface area contributed by atoms with Crippen LogP contribution in [0.4, 0.5) is 0 Å². The van der Waals surface area contributed by atoms with E-state index in [2.05, 4.69) is 4.90 Å². The number of β-amino-alcohol motifs (C(OH)–C–C–N with tert-alkyl or cyclic N) is 1. The maximum Gasteiger partial charge on any atom is 0.0916 e. The van der Waals surface area contributed by atoms with Crippen LogP contribution in [-0.4, -0.2) is 35.7 Å². The molecule has 0 bridgehead atoms. The molecule has 2 rings (SSSR count). The van der Waals surface area contributed by atoms with E-state index in [0.717, 1.165) is 31.5 Å². The van der Waals surface area contributed by atoms with Gasteiger partial charge in [-0.05, 0) is 24.9 Å². The number of hydrogen-bond acceptors (Lipinski definition) is 3. The monoisotopic (exact) mass is 220 g/mol. The number of nitrogens with zero attached hydrogens (tertiary/aromatic N) is 1. The Balaban J connectivity index is 1.89. The molecule has 16 heavy (non-hydrogen) atoms. The van der Waals surface area contributed by atoms with Gasteiger partial charge in [0.2, 0.25) is 0 Å². The zero-order chi connectivity index (χ0) is 11.4. The van der Waals surface area contributed by atoms with E-state index in [1.54, 1.807) is 0 Å². The first-order valence-electron chi connectivity index (χ1n) is 5.96. The molecule has 1 heterocycles. The molecule has 0 aliphatic carbocycles. The molecule has 2 atom stereocenters. The third-order valence-corrected chi connectivity index (χ3v) is 3.16. The molecule has 1 fully saturated rings. The highest BCUT2D eigenvalue weighted by Crippen LogP contribution is 2.16. The minimum atomic E-state index is -0.397. The van der Waals surface area contributed by atoms with E-state index in [4.69, 9.17) is 5.73 Å². The second-order valence-corrected chi connectivity index (χ2v) is 4.59.